The maximum Gasteiger partial charge on any atom is 0.253 e. The summed E-state index contributed by atoms with van der Waals surface area (Å²) in [4.78, 5) is 25.5. The third-order valence-electron chi connectivity index (χ3n) is 5.15. The maximum absolute atomic E-state index is 12.7. The van der Waals surface area contributed by atoms with Gasteiger partial charge in [0.15, 0.2) is 0 Å². The van der Waals surface area contributed by atoms with E-state index >= 15 is 0 Å². The molecule has 1 aliphatic heterocycles. The summed E-state index contributed by atoms with van der Waals surface area (Å²) in [6.07, 6.45) is 1.09. The summed E-state index contributed by atoms with van der Waals surface area (Å²) in [5, 5.41) is 9.83. The van der Waals surface area contributed by atoms with Gasteiger partial charge in [-0.25, -0.2) is 0 Å². The van der Waals surface area contributed by atoms with Crippen LogP contribution in [0, 0.1) is 5.92 Å². The van der Waals surface area contributed by atoms with Crippen molar-refractivity contribution in [1.82, 2.24) is 16.0 Å². The number of carbonyl (C=O) groups is 2. The SMILES string of the molecule is CC1CNCCC1NC(=O)CC(NC(=O)c1ccccc1Cl)c1ccccc1.Cl. The van der Waals surface area contributed by atoms with Crippen molar-refractivity contribution in [3.63, 3.8) is 0 Å². The van der Waals surface area contributed by atoms with E-state index in [9.17, 15) is 9.59 Å². The number of hydrogen-bond acceptors (Lipinski definition) is 3. The fraction of sp³-hybridized carbons (Fsp3) is 0.364. The molecule has 3 rings (SSSR count). The summed E-state index contributed by atoms with van der Waals surface area (Å²) in [6.45, 7) is 3.93. The number of amides is 2. The first-order valence-corrected chi connectivity index (χ1v) is 10.0. The molecule has 0 radical (unpaired) electrons. The van der Waals surface area contributed by atoms with Crippen molar-refractivity contribution in [2.75, 3.05) is 13.1 Å². The molecular weight excluding hydrogens is 409 g/mol. The predicted octanol–water partition coefficient (Wildman–Crippen LogP) is 3.74. The Kier molecular flexibility index (Phi) is 8.96. The molecule has 0 aromatic heterocycles. The topological polar surface area (TPSA) is 70.2 Å². The highest BCUT2D eigenvalue weighted by Crippen LogP contribution is 2.21. The van der Waals surface area contributed by atoms with E-state index < -0.39 is 6.04 Å². The number of hydrogen-bond donors (Lipinski definition) is 3. The Balaban J connectivity index is 0.00000300. The number of nitrogens with one attached hydrogen (secondary N) is 3. The van der Waals surface area contributed by atoms with Gasteiger partial charge in [0.2, 0.25) is 5.91 Å². The molecule has 5 nitrogen and oxygen atoms in total. The van der Waals surface area contributed by atoms with Crippen molar-refractivity contribution >= 4 is 35.8 Å². The number of piperidine rings is 1. The molecule has 0 aliphatic carbocycles. The van der Waals surface area contributed by atoms with Crippen LogP contribution < -0.4 is 16.0 Å². The van der Waals surface area contributed by atoms with E-state index in [1.807, 2.05) is 30.3 Å². The van der Waals surface area contributed by atoms with E-state index in [1.54, 1.807) is 24.3 Å². The zero-order valence-corrected chi connectivity index (χ0v) is 17.9. The summed E-state index contributed by atoms with van der Waals surface area (Å²) in [5.74, 6) is 0.0279. The quantitative estimate of drug-likeness (QED) is 0.646. The largest absolute Gasteiger partial charge is 0.353 e. The molecule has 156 valence electrons. The maximum atomic E-state index is 12.7. The summed E-state index contributed by atoms with van der Waals surface area (Å²) in [7, 11) is 0. The number of rotatable bonds is 6. The van der Waals surface area contributed by atoms with Gasteiger partial charge in [0, 0.05) is 6.04 Å². The van der Waals surface area contributed by atoms with Crippen molar-refractivity contribution in [3.8, 4) is 0 Å². The van der Waals surface area contributed by atoms with Crippen molar-refractivity contribution < 1.29 is 9.59 Å². The normalized spacial score (nSPS) is 19.5. The predicted molar refractivity (Wildman–Crippen MR) is 119 cm³/mol. The number of benzene rings is 2. The third kappa shape index (κ3) is 6.46. The van der Waals surface area contributed by atoms with Crippen molar-refractivity contribution in [3.05, 3.63) is 70.7 Å². The first kappa shape index (κ1) is 23.2. The van der Waals surface area contributed by atoms with Gasteiger partial charge in [-0.2, -0.15) is 0 Å². The zero-order valence-electron chi connectivity index (χ0n) is 16.4. The van der Waals surface area contributed by atoms with Gasteiger partial charge in [0.05, 0.1) is 23.0 Å². The van der Waals surface area contributed by atoms with Crippen LogP contribution in [0.2, 0.25) is 5.02 Å². The van der Waals surface area contributed by atoms with E-state index in [2.05, 4.69) is 22.9 Å². The lowest BCUT2D eigenvalue weighted by Gasteiger charge is -2.31. The molecule has 3 N–H and O–H groups in total. The Morgan fingerprint density at radius 1 is 1.14 bits per heavy atom. The van der Waals surface area contributed by atoms with Crippen LogP contribution in [0.15, 0.2) is 54.6 Å². The molecular formula is C22H27Cl2N3O2. The standard InChI is InChI=1S/C22H26ClN3O2.ClH/c1-15-14-24-12-11-19(15)25-21(27)13-20(16-7-3-2-4-8-16)26-22(28)17-9-5-6-10-18(17)23;/h2-10,15,19-20,24H,11-14H2,1H3,(H,25,27)(H,26,28);1H. The van der Waals surface area contributed by atoms with Gasteiger partial charge in [0.1, 0.15) is 0 Å². The molecule has 3 atom stereocenters. The Bertz CT molecular complexity index is 817. The minimum atomic E-state index is -0.429. The van der Waals surface area contributed by atoms with Crippen molar-refractivity contribution in [2.45, 2.75) is 31.8 Å². The average molecular weight is 436 g/mol. The van der Waals surface area contributed by atoms with Gasteiger partial charge in [0.25, 0.3) is 5.91 Å². The van der Waals surface area contributed by atoms with Crippen LogP contribution >= 0.6 is 24.0 Å². The lowest BCUT2D eigenvalue weighted by molar-refractivity contribution is -0.122. The fourth-order valence-corrected chi connectivity index (χ4v) is 3.72. The average Bonchev–Trinajstić information content (AvgIpc) is 2.70. The minimum Gasteiger partial charge on any atom is -0.353 e. The minimum absolute atomic E-state index is 0. The Morgan fingerprint density at radius 3 is 2.52 bits per heavy atom. The highest BCUT2D eigenvalue weighted by atomic mass is 35.5. The second-order valence-electron chi connectivity index (χ2n) is 7.26. The molecule has 29 heavy (non-hydrogen) atoms. The number of carbonyl (C=O) groups excluding carboxylic acids is 2. The molecule has 1 aliphatic rings. The summed E-state index contributed by atoms with van der Waals surface area (Å²) >= 11 is 6.15. The molecule has 2 aromatic carbocycles. The molecule has 7 heteroatoms. The van der Waals surface area contributed by atoms with Gasteiger partial charge in [-0.15, -0.1) is 12.4 Å². The second kappa shape index (κ2) is 11.2. The summed E-state index contributed by atoms with van der Waals surface area (Å²) < 4.78 is 0. The van der Waals surface area contributed by atoms with Crippen molar-refractivity contribution in [1.29, 1.82) is 0 Å². The van der Waals surface area contributed by atoms with Crippen LogP contribution in [-0.2, 0) is 4.79 Å². The highest BCUT2D eigenvalue weighted by molar-refractivity contribution is 6.33. The first-order valence-electron chi connectivity index (χ1n) is 9.65. The van der Waals surface area contributed by atoms with E-state index in [4.69, 9.17) is 11.6 Å². The van der Waals surface area contributed by atoms with Gasteiger partial charge < -0.3 is 16.0 Å². The molecule has 2 amide bonds. The Labute approximate surface area is 183 Å². The molecule has 0 saturated carbocycles. The monoisotopic (exact) mass is 435 g/mol. The molecule has 0 spiro atoms. The first-order chi connectivity index (χ1) is 13.5. The summed E-state index contributed by atoms with van der Waals surface area (Å²) in [6, 6.07) is 16.2. The molecule has 0 bridgehead atoms. The highest BCUT2D eigenvalue weighted by Gasteiger charge is 2.25. The summed E-state index contributed by atoms with van der Waals surface area (Å²) in [5.41, 5.74) is 1.29. The van der Waals surface area contributed by atoms with Gasteiger partial charge >= 0.3 is 0 Å². The Morgan fingerprint density at radius 2 is 1.83 bits per heavy atom. The van der Waals surface area contributed by atoms with E-state index in [0.717, 1.165) is 25.1 Å². The van der Waals surface area contributed by atoms with Crippen LogP contribution in [-0.4, -0.2) is 30.9 Å². The van der Waals surface area contributed by atoms with Gasteiger partial charge in [-0.05, 0) is 43.1 Å². The van der Waals surface area contributed by atoms with Crippen LogP contribution in [0.3, 0.4) is 0 Å². The molecule has 2 aromatic rings. The van der Waals surface area contributed by atoms with E-state index in [0.29, 0.717) is 16.5 Å². The molecule has 3 unspecified atom stereocenters. The second-order valence-corrected chi connectivity index (χ2v) is 7.67. The lowest BCUT2D eigenvalue weighted by atomic mass is 9.94. The lowest BCUT2D eigenvalue weighted by Crippen LogP contribution is -2.49. The third-order valence-corrected chi connectivity index (χ3v) is 5.48. The van der Waals surface area contributed by atoms with Gasteiger partial charge in [-0.1, -0.05) is 61.0 Å². The molecule has 1 saturated heterocycles. The molecule has 1 fully saturated rings. The molecule has 1 heterocycles. The zero-order chi connectivity index (χ0) is 19.9. The smallest absolute Gasteiger partial charge is 0.253 e. The van der Waals surface area contributed by atoms with Crippen LogP contribution in [0.5, 0.6) is 0 Å². The van der Waals surface area contributed by atoms with Crippen LogP contribution in [0.1, 0.15) is 41.7 Å². The van der Waals surface area contributed by atoms with Crippen LogP contribution in [0.25, 0.3) is 0 Å². The van der Waals surface area contributed by atoms with E-state index in [1.165, 1.54) is 0 Å². The fourth-order valence-electron chi connectivity index (χ4n) is 3.50. The van der Waals surface area contributed by atoms with Crippen LogP contribution in [0.4, 0.5) is 0 Å². The van der Waals surface area contributed by atoms with E-state index in [-0.39, 0.29) is 36.7 Å². The van der Waals surface area contributed by atoms with Crippen molar-refractivity contribution in [2.24, 2.45) is 5.92 Å². The Hall–Kier alpha value is -2.08. The number of halogens is 2. The van der Waals surface area contributed by atoms with Gasteiger partial charge in [-0.3, -0.25) is 9.59 Å².